The summed E-state index contributed by atoms with van der Waals surface area (Å²) in [4.78, 5) is 11.1. The van der Waals surface area contributed by atoms with Crippen LogP contribution in [-0.4, -0.2) is 35.1 Å². The van der Waals surface area contributed by atoms with Crippen LogP contribution in [0.15, 0.2) is 18.5 Å². The second kappa shape index (κ2) is 6.53. The van der Waals surface area contributed by atoms with Crippen LogP contribution in [0, 0.1) is 5.92 Å². The number of hydrogen-bond acceptors (Lipinski definition) is 4. The van der Waals surface area contributed by atoms with E-state index in [1.54, 1.807) is 0 Å². The van der Waals surface area contributed by atoms with Gasteiger partial charge in [0.15, 0.2) is 0 Å². The third-order valence-electron chi connectivity index (χ3n) is 4.82. The van der Waals surface area contributed by atoms with Crippen LogP contribution in [0.3, 0.4) is 0 Å². The number of rotatable bonds is 3. The molecule has 1 aliphatic heterocycles. The zero-order valence-electron chi connectivity index (χ0n) is 12.5. The molecule has 1 aromatic rings. The lowest BCUT2D eigenvalue weighted by Gasteiger charge is -2.38. The molecule has 3 unspecified atom stereocenters. The second-order valence-corrected chi connectivity index (χ2v) is 6.37. The number of piperidine rings is 1. The molecule has 0 radical (unpaired) electrons. The van der Waals surface area contributed by atoms with Crippen LogP contribution in [0.4, 0.5) is 5.95 Å². The lowest BCUT2D eigenvalue weighted by Crippen LogP contribution is -2.51. The minimum atomic E-state index is 0.595. The molecule has 0 amide bonds. The molecule has 2 aliphatic rings. The van der Waals surface area contributed by atoms with Crippen LogP contribution in [-0.2, 0) is 0 Å². The molecule has 0 spiro atoms. The summed E-state index contributed by atoms with van der Waals surface area (Å²) in [5, 5.41) is 3.91. The molecule has 20 heavy (non-hydrogen) atoms. The first-order valence-corrected chi connectivity index (χ1v) is 8.11. The Kier molecular flexibility index (Phi) is 4.51. The van der Waals surface area contributed by atoms with E-state index in [0.717, 1.165) is 25.0 Å². The summed E-state index contributed by atoms with van der Waals surface area (Å²) in [7, 11) is 0. The van der Waals surface area contributed by atoms with Gasteiger partial charge in [-0.3, -0.25) is 0 Å². The number of hydrogen-bond donors (Lipinski definition) is 1. The maximum atomic E-state index is 4.39. The number of nitrogens with one attached hydrogen (secondary N) is 1. The van der Waals surface area contributed by atoms with Gasteiger partial charge < -0.3 is 10.2 Å². The van der Waals surface area contributed by atoms with E-state index in [-0.39, 0.29) is 0 Å². The summed E-state index contributed by atoms with van der Waals surface area (Å²) in [6.07, 6.45) is 11.7. The monoisotopic (exact) mass is 274 g/mol. The maximum absolute atomic E-state index is 4.39. The summed E-state index contributed by atoms with van der Waals surface area (Å²) in [6.45, 7) is 4.54. The number of anilines is 1. The lowest BCUT2D eigenvalue weighted by molar-refractivity contribution is 0.246. The van der Waals surface area contributed by atoms with Gasteiger partial charge in [0.25, 0.3) is 0 Å². The van der Waals surface area contributed by atoms with Crippen LogP contribution in [0.25, 0.3) is 0 Å². The minimum absolute atomic E-state index is 0.595. The van der Waals surface area contributed by atoms with E-state index in [2.05, 4.69) is 27.1 Å². The molecular formula is C16H26N4. The van der Waals surface area contributed by atoms with Crippen molar-refractivity contribution in [3.63, 3.8) is 0 Å². The molecule has 1 N–H and O–H groups in total. The van der Waals surface area contributed by atoms with Crippen molar-refractivity contribution in [2.24, 2.45) is 5.92 Å². The molecular weight excluding hydrogens is 248 g/mol. The Morgan fingerprint density at radius 2 is 1.90 bits per heavy atom. The van der Waals surface area contributed by atoms with Crippen LogP contribution >= 0.6 is 0 Å². The van der Waals surface area contributed by atoms with Crippen LogP contribution in [0.1, 0.15) is 45.4 Å². The summed E-state index contributed by atoms with van der Waals surface area (Å²) in [5.41, 5.74) is 0. The van der Waals surface area contributed by atoms with Crippen molar-refractivity contribution in [3.05, 3.63) is 18.5 Å². The Balaban J connectivity index is 1.58. The average Bonchev–Trinajstić information content (AvgIpc) is 2.51. The number of aromatic nitrogens is 2. The van der Waals surface area contributed by atoms with E-state index >= 15 is 0 Å². The number of nitrogens with zero attached hydrogens (tertiary/aromatic N) is 3. The van der Waals surface area contributed by atoms with Gasteiger partial charge in [-0.25, -0.2) is 9.97 Å². The third kappa shape index (κ3) is 3.29. The molecule has 3 atom stereocenters. The van der Waals surface area contributed by atoms with Crippen LogP contribution in [0.5, 0.6) is 0 Å². The molecule has 1 saturated carbocycles. The van der Waals surface area contributed by atoms with Crippen molar-refractivity contribution in [1.82, 2.24) is 15.3 Å². The molecule has 110 valence electrons. The summed E-state index contributed by atoms with van der Waals surface area (Å²) < 4.78 is 0. The van der Waals surface area contributed by atoms with Crippen LogP contribution < -0.4 is 10.2 Å². The first kappa shape index (κ1) is 13.8. The topological polar surface area (TPSA) is 41.0 Å². The van der Waals surface area contributed by atoms with E-state index < -0.39 is 0 Å². The van der Waals surface area contributed by atoms with Crippen molar-refractivity contribution in [2.75, 3.05) is 18.0 Å². The Bertz CT molecular complexity index is 408. The molecule has 3 rings (SSSR count). The molecule has 1 aliphatic carbocycles. The quantitative estimate of drug-likeness (QED) is 0.920. The molecule has 4 nitrogen and oxygen atoms in total. The van der Waals surface area contributed by atoms with Gasteiger partial charge in [-0.1, -0.05) is 19.8 Å². The Morgan fingerprint density at radius 1 is 1.10 bits per heavy atom. The highest BCUT2D eigenvalue weighted by Crippen LogP contribution is 2.25. The predicted octanol–water partition coefficient (Wildman–Crippen LogP) is 2.61. The first-order chi connectivity index (χ1) is 9.83. The Labute approximate surface area is 122 Å². The van der Waals surface area contributed by atoms with Crippen molar-refractivity contribution >= 4 is 5.95 Å². The normalized spacial score (nSPS) is 31.2. The third-order valence-corrected chi connectivity index (χ3v) is 4.82. The highest BCUT2D eigenvalue weighted by Gasteiger charge is 2.27. The Hall–Kier alpha value is -1.16. The van der Waals surface area contributed by atoms with E-state index in [4.69, 9.17) is 0 Å². The fraction of sp³-hybridized carbons (Fsp3) is 0.750. The Morgan fingerprint density at radius 3 is 2.70 bits per heavy atom. The first-order valence-electron chi connectivity index (χ1n) is 8.11. The van der Waals surface area contributed by atoms with Crippen molar-refractivity contribution in [2.45, 2.75) is 57.5 Å². The van der Waals surface area contributed by atoms with Gasteiger partial charge in [-0.2, -0.15) is 0 Å². The van der Waals surface area contributed by atoms with Crippen molar-refractivity contribution < 1.29 is 0 Å². The molecule has 2 fully saturated rings. The largest absolute Gasteiger partial charge is 0.339 e. The average molecular weight is 274 g/mol. The molecule has 2 heterocycles. The van der Waals surface area contributed by atoms with E-state index in [0.29, 0.717) is 12.1 Å². The minimum Gasteiger partial charge on any atom is -0.339 e. The highest BCUT2D eigenvalue weighted by atomic mass is 15.3. The van der Waals surface area contributed by atoms with Crippen molar-refractivity contribution in [1.29, 1.82) is 0 Å². The maximum Gasteiger partial charge on any atom is 0.225 e. The standard InChI is InChI=1S/C16H26N4/c1-13-6-2-3-8-15(13)19-14-7-4-11-20(12-14)16-17-9-5-10-18-16/h5,9-10,13-15,19H,2-4,6-8,11-12H2,1H3. The van der Waals surface area contributed by atoms with Gasteiger partial charge >= 0.3 is 0 Å². The summed E-state index contributed by atoms with van der Waals surface area (Å²) in [6, 6.07) is 3.19. The van der Waals surface area contributed by atoms with Crippen molar-refractivity contribution in [3.8, 4) is 0 Å². The predicted molar refractivity (Wildman–Crippen MR) is 81.8 cm³/mol. The molecule has 0 bridgehead atoms. The molecule has 4 heteroatoms. The molecule has 1 saturated heterocycles. The van der Waals surface area contributed by atoms with Gasteiger partial charge in [0, 0.05) is 37.6 Å². The zero-order chi connectivity index (χ0) is 13.8. The fourth-order valence-electron chi connectivity index (χ4n) is 3.62. The second-order valence-electron chi connectivity index (χ2n) is 6.37. The SMILES string of the molecule is CC1CCCCC1NC1CCCN(c2ncccn2)C1. The molecule has 1 aromatic heterocycles. The zero-order valence-corrected chi connectivity index (χ0v) is 12.5. The smallest absolute Gasteiger partial charge is 0.225 e. The summed E-state index contributed by atoms with van der Waals surface area (Å²) in [5.74, 6) is 1.71. The van der Waals surface area contributed by atoms with Gasteiger partial charge in [0.05, 0.1) is 0 Å². The van der Waals surface area contributed by atoms with E-state index in [1.807, 2.05) is 18.5 Å². The fourth-order valence-corrected chi connectivity index (χ4v) is 3.62. The highest BCUT2D eigenvalue weighted by molar-refractivity contribution is 5.29. The van der Waals surface area contributed by atoms with Crippen LogP contribution in [0.2, 0.25) is 0 Å². The van der Waals surface area contributed by atoms with E-state index in [1.165, 1.54) is 38.5 Å². The van der Waals surface area contributed by atoms with Gasteiger partial charge in [0.2, 0.25) is 5.95 Å². The molecule has 0 aromatic carbocycles. The van der Waals surface area contributed by atoms with Gasteiger partial charge in [-0.05, 0) is 37.7 Å². The van der Waals surface area contributed by atoms with Gasteiger partial charge in [0.1, 0.15) is 0 Å². The lowest BCUT2D eigenvalue weighted by atomic mass is 9.85. The summed E-state index contributed by atoms with van der Waals surface area (Å²) >= 11 is 0. The van der Waals surface area contributed by atoms with Gasteiger partial charge in [-0.15, -0.1) is 0 Å². The van der Waals surface area contributed by atoms with E-state index in [9.17, 15) is 0 Å².